The summed E-state index contributed by atoms with van der Waals surface area (Å²) in [6, 6.07) is 0. The van der Waals surface area contributed by atoms with Crippen molar-refractivity contribution in [2.24, 2.45) is 5.92 Å². The van der Waals surface area contributed by atoms with Crippen molar-refractivity contribution < 1.29 is 70.2 Å². The molecule has 0 aliphatic rings. The zero-order chi connectivity index (χ0) is 20.8. The summed E-state index contributed by atoms with van der Waals surface area (Å²) in [6.07, 6.45) is -19.4. The van der Waals surface area contributed by atoms with Gasteiger partial charge in [-0.2, -0.15) is 52.7 Å². The Bertz CT molecular complexity index is 505. The quantitative estimate of drug-likeness (QED) is 0.481. The standard InChI is InChI=1S/C9H2F16/c10-2(5(14,15)1(4(12)13)7(18,19)20)3(11)6(16,17)8(21,22)9(23,24)25/h1,4H. The second-order valence-corrected chi connectivity index (χ2v) is 4.25. The van der Waals surface area contributed by atoms with Crippen molar-refractivity contribution in [2.45, 2.75) is 36.5 Å². The molecule has 0 amide bonds. The Morgan fingerprint density at radius 3 is 1.20 bits per heavy atom. The van der Waals surface area contributed by atoms with Crippen LogP contribution >= 0.6 is 0 Å². The van der Waals surface area contributed by atoms with Crippen molar-refractivity contribution in [2.75, 3.05) is 0 Å². The van der Waals surface area contributed by atoms with E-state index in [-0.39, 0.29) is 0 Å². The molecular formula is C9H2F16. The van der Waals surface area contributed by atoms with Gasteiger partial charge in [-0.05, 0) is 0 Å². The molecule has 0 aliphatic carbocycles. The van der Waals surface area contributed by atoms with E-state index in [4.69, 9.17) is 0 Å². The molecule has 1 atom stereocenters. The lowest BCUT2D eigenvalue weighted by Crippen LogP contribution is -2.53. The second-order valence-electron chi connectivity index (χ2n) is 4.25. The van der Waals surface area contributed by atoms with E-state index in [0.29, 0.717) is 0 Å². The van der Waals surface area contributed by atoms with E-state index >= 15 is 0 Å². The van der Waals surface area contributed by atoms with Crippen molar-refractivity contribution in [3.63, 3.8) is 0 Å². The topological polar surface area (TPSA) is 0 Å². The highest BCUT2D eigenvalue weighted by Gasteiger charge is 2.77. The predicted octanol–water partition coefficient (Wildman–Crippen LogP) is 6.05. The van der Waals surface area contributed by atoms with Crippen molar-refractivity contribution >= 4 is 0 Å². The molecule has 0 spiro atoms. The molecule has 0 fully saturated rings. The molecule has 0 heterocycles. The fourth-order valence-corrected chi connectivity index (χ4v) is 1.24. The number of halogens is 16. The second kappa shape index (κ2) is 6.41. The van der Waals surface area contributed by atoms with E-state index in [1.807, 2.05) is 0 Å². The lowest BCUT2D eigenvalue weighted by atomic mass is 9.97. The first-order chi connectivity index (χ1) is 10.6. The zero-order valence-electron chi connectivity index (χ0n) is 10.7. The van der Waals surface area contributed by atoms with Gasteiger partial charge in [0.25, 0.3) is 6.43 Å². The summed E-state index contributed by atoms with van der Waals surface area (Å²) in [5.41, 5.74) is 0. The van der Waals surface area contributed by atoms with Crippen molar-refractivity contribution in [1.29, 1.82) is 0 Å². The minimum atomic E-state index is -7.55. The van der Waals surface area contributed by atoms with Crippen LogP contribution < -0.4 is 0 Å². The third-order valence-electron chi connectivity index (χ3n) is 2.51. The Morgan fingerprint density at radius 1 is 0.600 bits per heavy atom. The van der Waals surface area contributed by atoms with Gasteiger partial charge in [-0.25, -0.2) is 17.6 Å². The van der Waals surface area contributed by atoms with Gasteiger partial charge in [-0.15, -0.1) is 0 Å². The van der Waals surface area contributed by atoms with Gasteiger partial charge in [0.1, 0.15) is 0 Å². The Labute approximate surface area is 126 Å². The first-order valence-corrected chi connectivity index (χ1v) is 5.24. The Kier molecular flexibility index (Phi) is 6.05. The molecule has 0 aliphatic heterocycles. The molecule has 0 aromatic heterocycles. The maximum Gasteiger partial charge on any atom is 0.460 e. The minimum absolute atomic E-state index is 4.84. The van der Waals surface area contributed by atoms with Crippen molar-refractivity contribution in [3.8, 4) is 0 Å². The molecule has 16 heteroatoms. The summed E-state index contributed by atoms with van der Waals surface area (Å²) >= 11 is 0. The van der Waals surface area contributed by atoms with E-state index in [9.17, 15) is 70.2 Å². The minimum Gasteiger partial charge on any atom is -0.210 e. The summed E-state index contributed by atoms with van der Waals surface area (Å²) in [5.74, 6) is -37.2. The van der Waals surface area contributed by atoms with Crippen LogP contribution in [0.4, 0.5) is 70.2 Å². The number of alkyl halides is 14. The molecule has 0 radical (unpaired) electrons. The number of hydrogen-bond donors (Lipinski definition) is 0. The summed E-state index contributed by atoms with van der Waals surface area (Å²) in [6.45, 7) is 0. The van der Waals surface area contributed by atoms with Crippen LogP contribution in [-0.2, 0) is 0 Å². The van der Waals surface area contributed by atoms with Crippen LogP contribution in [0.2, 0.25) is 0 Å². The Hall–Kier alpha value is -1.38. The van der Waals surface area contributed by atoms with Gasteiger partial charge >= 0.3 is 30.1 Å². The molecule has 0 saturated carbocycles. The first kappa shape index (κ1) is 23.6. The summed E-state index contributed by atoms with van der Waals surface area (Å²) in [4.78, 5) is 0. The molecule has 0 aromatic rings. The number of allylic oxidation sites excluding steroid dienone is 2. The van der Waals surface area contributed by atoms with Gasteiger partial charge in [0.05, 0.1) is 0 Å². The van der Waals surface area contributed by atoms with Crippen LogP contribution in [0.15, 0.2) is 11.7 Å². The van der Waals surface area contributed by atoms with E-state index in [0.717, 1.165) is 0 Å². The summed E-state index contributed by atoms with van der Waals surface area (Å²) in [5, 5.41) is 0. The van der Waals surface area contributed by atoms with E-state index in [1.54, 1.807) is 0 Å². The highest BCUT2D eigenvalue weighted by atomic mass is 19.4. The molecule has 0 aromatic carbocycles. The van der Waals surface area contributed by atoms with Gasteiger partial charge in [0, 0.05) is 0 Å². The van der Waals surface area contributed by atoms with E-state index < -0.39 is 54.1 Å². The van der Waals surface area contributed by atoms with Gasteiger partial charge in [0.15, 0.2) is 5.92 Å². The molecule has 0 N–H and O–H groups in total. The van der Waals surface area contributed by atoms with Gasteiger partial charge < -0.3 is 0 Å². The molecule has 150 valence electrons. The molecule has 1 unspecified atom stereocenters. The monoisotopic (exact) mass is 414 g/mol. The lowest BCUT2D eigenvalue weighted by Gasteiger charge is -2.30. The lowest BCUT2D eigenvalue weighted by molar-refractivity contribution is -0.348. The third kappa shape index (κ3) is 4.07. The normalized spacial score (nSPS) is 17.6. The van der Waals surface area contributed by atoms with Gasteiger partial charge in [-0.3, -0.25) is 0 Å². The number of rotatable bonds is 5. The van der Waals surface area contributed by atoms with Crippen LogP contribution in [-0.4, -0.2) is 36.5 Å². The molecule has 0 nitrogen and oxygen atoms in total. The Balaban J connectivity index is 6.40. The van der Waals surface area contributed by atoms with E-state index in [1.165, 1.54) is 0 Å². The summed E-state index contributed by atoms with van der Waals surface area (Å²) < 4.78 is 197. The third-order valence-corrected chi connectivity index (χ3v) is 2.51. The Morgan fingerprint density at radius 2 is 0.960 bits per heavy atom. The van der Waals surface area contributed by atoms with Crippen LogP contribution in [0.1, 0.15) is 0 Å². The van der Waals surface area contributed by atoms with Crippen LogP contribution in [0, 0.1) is 5.92 Å². The maximum absolute atomic E-state index is 13.0. The fraction of sp³-hybridized carbons (Fsp3) is 0.778. The SMILES string of the molecule is FC(=C(F)C(F)(F)C(F)(F)C(F)(F)F)C(F)(F)C(C(F)F)C(F)(F)F. The maximum atomic E-state index is 13.0. The van der Waals surface area contributed by atoms with Gasteiger partial charge in [0.2, 0.25) is 11.7 Å². The molecule has 25 heavy (non-hydrogen) atoms. The summed E-state index contributed by atoms with van der Waals surface area (Å²) in [7, 11) is 0. The fourth-order valence-electron chi connectivity index (χ4n) is 1.24. The van der Waals surface area contributed by atoms with E-state index in [2.05, 4.69) is 0 Å². The van der Waals surface area contributed by atoms with Crippen molar-refractivity contribution in [3.05, 3.63) is 11.7 Å². The average Bonchev–Trinajstić information content (AvgIpc) is 2.32. The highest BCUT2D eigenvalue weighted by molar-refractivity contribution is 5.22. The number of hydrogen-bond acceptors (Lipinski definition) is 0. The molecule has 0 bridgehead atoms. The van der Waals surface area contributed by atoms with Crippen molar-refractivity contribution in [1.82, 2.24) is 0 Å². The van der Waals surface area contributed by atoms with Gasteiger partial charge in [-0.1, -0.05) is 0 Å². The molecule has 0 rings (SSSR count). The first-order valence-electron chi connectivity index (χ1n) is 5.24. The highest BCUT2D eigenvalue weighted by Crippen LogP contribution is 2.54. The zero-order valence-corrected chi connectivity index (χ0v) is 10.7. The van der Waals surface area contributed by atoms with Crippen LogP contribution in [0.25, 0.3) is 0 Å². The smallest absolute Gasteiger partial charge is 0.210 e. The van der Waals surface area contributed by atoms with Crippen LogP contribution in [0.5, 0.6) is 0 Å². The van der Waals surface area contributed by atoms with Crippen LogP contribution in [0.3, 0.4) is 0 Å². The predicted molar refractivity (Wildman–Crippen MR) is 45.7 cm³/mol. The average molecular weight is 414 g/mol. The molecular weight excluding hydrogens is 412 g/mol. The largest absolute Gasteiger partial charge is 0.460 e. The molecule has 0 saturated heterocycles.